The minimum atomic E-state index is -0.0256. The van der Waals surface area contributed by atoms with E-state index in [-0.39, 0.29) is 6.10 Å². The van der Waals surface area contributed by atoms with Crippen molar-refractivity contribution in [3.63, 3.8) is 0 Å². The summed E-state index contributed by atoms with van der Waals surface area (Å²) >= 11 is 0. The third kappa shape index (κ3) is 9.70. The van der Waals surface area contributed by atoms with Gasteiger partial charge in [-0.1, -0.05) is 63.5 Å². The maximum Gasteiger partial charge on any atom is 0.0540 e. The molecule has 106 valence electrons. The monoisotopic (exact) mass is 252 g/mol. The van der Waals surface area contributed by atoms with Gasteiger partial charge in [0.2, 0.25) is 0 Å². The summed E-state index contributed by atoms with van der Waals surface area (Å²) in [6.07, 6.45) is 22.5. The van der Waals surface area contributed by atoms with Crippen LogP contribution in [-0.4, -0.2) is 11.2 Å². The Morgan fingerprint density at radius 1 is 0.556 bits per heavy atom. The lowest BCUT2D eigenvalue weighted by atomic mass is 10.0. The maximum absolute atomic E-state index is 9.85. The zero-order valence-electron chi connectivity index (χ0n) is 12.1. The van der Waals surface area contributed by atoms with Crippen molar-refractivity contribution in [2.75, 3.05) is 0 Å². The molecule has 0 fully saturated rings. The van der Waals surface area contributed by atoms with Crippen LogP contribution in [-0.2, 0) is 0 Å². The van der Waals surface area contributed by atoms with Gasteiger partial charge in [-0.3, -0.25) is 0 Å². The molecule has 1 aliphatic rings. The summed E-state index contributed by atoms with van der Waals surface area (Å²) < 4.78 is 0. The van der Waals surface area contributed by atoms with Crippen LogP contribution in [0.15, 0.2) is 12.2 Å². The molecule has 1 rings (SSSR count). The molecule has 0 aromatic carbocycles. The van der Waals surface area contributed by atoms with Crippen molar-refractivity contribution in [3.8, 4) is 0 Å². The first-order valence-corrected chi connectivity index (χ1v) is 8.22. The topological polar surface area (TPSA) is 20.2 Å². The van der Waals surface area contributed by atoms with Gasteiger partial charge in [0.1, 0.15) is 0 Å². The number of hydrogen-bond acceptors (Lipinski definition) is 1. The van der Waals surface area contributed by atoms with Crippen LogP contribution >= 0.6 is 0 Å². The molecule has 1 aliphatic carbocycles. The SMILES string of the molecule is OC1CCCCCCCC=CCCCCCCC1. The van der Waals surface area contributed by atoms with Crippen LogP contribution in [0.5, 0.6) is 0 Å². The highest BCUT2D eigenvalue weighted by Crippen LogP contribution is 2.14. The molecule has 0 saturated heterocycles. The molecule has 0 atom stereocenters. The molecule has 1 nitrogen and oxygen atoms in total. The summed E-state index contributed by atoms with van der Waals surface area (Å²) in [4.78, 5) is 0. The zero-order valence-corrected chi connectivity index (χ0v) is 12.1. The van der Waals surface area contributed by atoms with Gasteiger partial charge in [-0.25, -0.2) is 0 Å². The average molecular weight is 252 g/mol. The third-order valence-corrected chi connectivity index (χ3v) is 3.98. The van der Waals surface area contributed by atoms with Gasteiger partial charge in [0.15, 0.2) is 0 Å². The molecule has 0 heterocycles. The van der Waals surface area contributed by atoms with Crippen LogP contribution in [0, 0.1) is 0 Å². The van der Waals surface area contributed by atoms with Crippen molar-refractivity contribution in [3.05, 3.63) is 12.2 Å². The predicted molar refractivity (Wildman–Crippen MR) is 79.8 cm³/mol. The summed E-state index contributed by atoms with van der Waals surface area (Å²) in [5, 5.41) is 9.85. The lowest BCUT2D eigenvalue weighted by molar-refractivity contribution is 0.147. The summed E-state index contributed by atoms with van der Waals surface area (Å²) in [6, 6.07) is 0. The van der Waals surface area contributed by atoms with Crippen molar-refractivity contribution in [1.82, 2.24) is 0 Å². The third-order valence-electron chi connectivity index (χ3n) is 3.98. The molecule has 0 aromatic heterocycles. The molecule has 0 saturated carbocycles. The first-order chi connectivity index (χ1) is 8.89. The normalized spacial score (nSPS) is 23.6. The van der Waals surface area contributed by atoms with E-state index in [1.54, 1.807) is 0 Å². The van der Waals surface area contributed by atoms with Crippen LogP contribution in [0.1, 0.15) is 89.9 Å². The van der Waals surface area contributed by atoms with E-state index in [0.717, 1.165) is 12.8 Å². The first-order valence-electron chi connectivity index (χ1n) is 8.22. The van der Waals surface area contributed by atoms with E-state index in [1.807, 2.05) is 0 Å². The highest BCUT2D eigenvalue weighted by atomic mass is 16.3. The fourth-order valence-electron chi connectivity index (χ4n) is 2.73. The van der Waals surface area contributed by atoms with Gasteiger partial charge in [-0.2, -0.15) is 0 Å². The molecule has 0 aromatic rings. The quantitative estimate of drug-likeness (QED) is 0.574. The molecule has 18 heavy (non-hydrogen) atoms. The number of aliphatic hydroxyl groups excluding tert-OH is 1. The summed E-state index contributed by atoms with van der Waals surface area (Å²) in [5.74, 6) is 0. The van der Waals surface area contributed by atoms with Gasteiger partial charge in [-0.05, 0) is 38.5 Å². The number of aliphatic hydroxyl groups is 1. The summed E-state index contributed by atoms with van der Waals surface area (Å²) in [5.41, 5.74) is 0. The fourth-order valence-corrected chi connectivity index (χ4v) is 2.73. The molecule has 0 amide bonds. The van der Waals surface area contributed by atoms with Crippen LogP contribution in [0.3, 0.4) is 0 Å². The van der Waals surface area contributed by atoms with Crippen LogP contribution in [0.4, 0.5) is 0 Å². The van der Waals surface area contributed by atoms with Crippen LogP contribution < -0.4 is 0 Å². The molecule has 0 spiro atoms. The Kier molecular flexibility index (Phi) is 10.3. The molecular formula is C17H32O. The van der Waals surface area contributed by atoms with E-state index in [0.29, 0.717) is 0 Å². The number of allylic oxidation sites excluding steroid dienone is 2. The average Bonchev–Trinajstić information content (AvgIpc) is 2.37. The van der Waals surface area contributed by atoms with Crippen LogP contribution in [0.2, 0.25) is 0 Å². The van der Waals surface area contributed by atoms with E-state index in [9.17, 15) is 5.11 Å². The Morgan fingerprint density at radius 2 is 0.944 bits per heavy atom. The van der Waals surface area contributed by atoms with Gasteiger partial charge >= 0.3 is 0 Å². The predicted octanol–water partition coefficient (Wildman–Crippen LogP) is 5.38. The standard InChI is InChI=1S/C17H32O/c18-17-15-13-11-9-7-5-3-1-2-4-6-8-10-12-14-16-17/h1-2,17-18H,3-16H2. The lowest BCUT2D eigenvalue weighted by Gasteiger charge is -2.10. The molecule has 0 unspecified atom stereocenters. The summed E-state index contributed by atoms with van der Waals surface area (Å²) in [7, 11) is 0. The van der Waals surface area contributed by atoms with E-state index in [1.165, 1.54) is 77.0 Å². The molecule has 1 N–H and O–H groups in total. The molecular weight excluding hydrogens is 220 g/mol. The fraction of sp³-hybridized carbons (Fsp3) is 0.882. The van der Waals surface area contributed by atoms with E-state index in [2.05, 4.69) is 12.2 Å². The summed E-state index contributed by atoms with van der Waals surface area (Å²) in [6.45, 7) is 0. The Morgan fingerprint density at radius 3 is 1.44 bits per heavy atom. The van der Waals surface area contributed by atoms with E-state index < -0.39 is 0 Å². The first kappa shape index (κ1) is 15.8. The van der Waals surface area contributed by atoms with Crippen molar-refractivity contribution in [2.45, 2.75) is 96.0 Å². The van der Waals surface area contributed by atoms with Crippen molar-refractivity contribution >= 4 is 0 Å². The van der Waals surface area contributed by atoms with Crippen molar-refractivity contribution in [2.24, 2.45) is 0 Å². The smallest absolute Gasteiger partial charge is 0.0540 e. The Hall–Kier alpha value is -0.300. The van der Waals surface area contributed by atoms with Crippen molar-refractivity contribution < 1.29 is 5.11 Å². The van der Waals surface area contributed by atoms with Gasteiger partial charge < -0.3 is 5.11 Å². The van der Waals surface area contributed by atoms with Crippen molar-refractivity contribution in [1.29, 1.82) is 0 Å². The second-order valence-corrected chi connectivity index (χ2v) is 5.82. The largest absolute Gasteiger partial charge is 0.393 e. The minimum absolute atomic E-state index is 0.0256. The minimum Gasteiger partial charge on any atom is -0.393 e. The molecule has 0 bridgehead atoms. The molecule has 0 aliphatic heterocycles. The number of rotatable bonds is 0. The van der Waals surface area contributed by atoms with E-state index in [4.69, 9.17) is 0 Å². The Labute approximate surface area is 114 Å². The van der Waals surface area contributed by atoms with Gasteiger partial charge in [0, 0.05) is 0 Å². The molecule has 1 heteroatoms. The maximum atomic E-state index is 9.85. The second kappa shape index (κ2) is 11.8. The second-order valence-electron chi connectivity index (χ2n) is 5.82. The Balaban J connectivity index is 2.15. The van der Waals surface area contributed by atoms with E-state index >= 15 is 0 Å². The van der Waals surface area contributed by atoms with Gasteiger partial charge in [-0.15, -0.1) is 0 Å². The highest BCUT2D eigenvalue weighted by Gasteiger charge is 2.03. The van der Waals surface area contributed by atoms with Gasteiger partial charge in [0.05, 0.1) is 6.10 Å². The zero-order chi connectivity index (χ0) is 12.9. The van der Waals surface area contributed by atoms with Crippen LogP contribution in [0.25, 0.3) is 0 Å². The lowest BCUT2D eigenvalue weighted by Crippen LogP contribution is -2.05. The molecule has 0 radical (unpaired) electrons. The Bertz CT molecular complexity index is 178. The van der Waals surface area contributed by atoms with Gasteiger partial charge in [0.25, 0.3) is 0 Å². The number of hydrogen-bond donors (Lipinski definition) is 1. The highest BCUT2D eigenvalue weighted by molar-refractivity contribution is 4.81.